The second kappa shape index (κ2) is 4.70. The van der Waals surface area contributed by atoms with Crippen LogP contribution in [0.25, 0.3) is 0 Å². The fraction of sp³-hybridized carbons (Fsp3) is 0.583. The Labute approximate surface area is 94.9 Å². The molecule has 2 rings (SSSR count). The Morgan fingerprint density at radius 1 is 1.69 bits per heavy atom. The van der Waals surface area contributed by atoms with Gasteiger partial charge in [-0.2, -0.15) is 0 Å². The van der Waals surface area contributed by atoms with E-state index in [1.165, 1.54) is 5.56 Å². The lowest BCUT2D eigenvalue weighted by Gasteiger charge is -2.14. The smallest absolute Gasteiger partial charge is 0.303 e. The molecule has 1 unspecified atom stereocenters. The van der Waals surface area contributed by atoms with Gasteiger partial charge in [0.25, 0.3) is 0 Å². The van der Waals surface area contributed by atoms with Crippen molar-refractivity contribution in [2.24, 2.45) is 5.92 Å². The molecule has 1 aromatic heterocycles. The molecule has 0 aliphatic carbocycles. The fourth-order valence-electron chi connectivity index (χ4n) is 2.24. The Morgan fingerprint density at radius 2 is 2.50 bits per heavy atom. The van der Waals surface area contributed by atoms with Gasteiger partial charge < -0.3 is 9.52 Å². The van der Waals surface area contributed by atoms with Crippen LogP contribution in [0.2, 0.25) is 0 Å². The standard InChI is InChI=1S/C12H17NO3/c1-9-3-5-16-11(9)8-13-4-2-10(7-13)6-12(14)15/h3,5,10H,2,4,6-8H2,1H3,(H,14,15). The SMILES string of the molecule is Cc1ccoc1CN1CCC(CC(=O)O)C1. The van der Waals surface area contributed by atoms with Gasteiger partial charge in [-0.1, -0.05) is 0 Å². The molecule has 0 spiro atoms. The number of furan rings is 1. The molecule has 1 N–H and O–H groups in total. The van der Waals surface area contributed by atoms with Crippen LogP contribution in [0.5, 0.6) is 0 Å². The van der Waals surface area contributed by atoms with Crippen molar-refractivity contribution in [3.8, 4) is 0 Å². The minimum Gasteiger partial charge on any atom is -0.481 e. The van der Waals surface area contributed by atoms with Crippen LogP contribution >= 0.6 is 0 Å². The van der Waals surface area contributed by atoms with E-state index < -0.39 is 5.97 Å². The number of nitrogens with zero attached hydrogens (tertiary/aromatic N) is 1. The fourth-order valence-corrected chi connectivity index (χ4v) is 2.24. The van der Waals surface area contributed by atoms with E-state index in [2.05, 4.69) is 4.90 Å². The molecule has 1 fully saturated rings. The molecule has 0 bridgehead atoms. The highest BCUT2D eigenvalue weighted by atomic mass is 16.4. The van der Waals surface area contributed by atoms with Gasteiger partial charge in [-0.15, -0.1) is 0 Å². The average molecular weight is 223 g/mol. The molecule has 4 heteroatoms. The first-order valence-corrected chi connectivity index (χ1v) is 5.62. The lowest BCUT2D eigenvalue weighted by Crippen LogP contribution is -2.21. The highest BCUT2D eigenvalue weighted by Gasteiger charge is 2.25. The lowest BCUT2D eigenvalue weighted by molar-refractivity contribution is -0.138. The van der Waals surface area contributed by atoms with E-state index in [1.54, 1.807) is 6.26 Å². The second-order valence-corrected chi connectivity index (χ2v) is 4.51. The van der Waals surface area contributed by atoms with Crippen molar-refractivity contribution in [3.05, 3.63) is 23.7 Å². The molecule has 0 radical (unpaired) electrons. The van der Waals surface area contributed by atoms with Crippen LogP contribution in [0, 0.1) is 12.8 Å². The first kappa shape index (κ1) is 11.2. The van der Waals surface area contributed by atoms with Gasteiger partial charge in [0.05, 0.1) is 12.8 Å². The third-order valence-electron chi connectivity index (χ3n) is 3.17. The zero-order valence-electron chi connectivity index (χ0n) is 9.48. The van der Waals surface area contributed by atoms with Crippen LogP contribution in [0.3, 0.4) is 0 Å². The maximum Gasteiger partial charge on any atom is 0.303 e. The summed E-state index contributed by atoms with van der Waals surface area (Å²) in [7, 11) is 0. The van der Waals surface area contributed by atoms with Crippen LogP contribution in [0.1, 0.15) is 24.2 Å². The first-order valence-electron chi connectivity index (χ1n) is 5.62. The van der Waals surface area contributed by atoms with Crippen LogP contribution in [0.15, 0.2) is 16.7 Å². The van der Waals surface area contributed by atoms with Crippen LogP contribution < -0.4 is 0 Å². The molecule has 0 amide bonds. The monoisotopic (exact) mass is 223 g/mol. The molecule has 1 aromatic rings. The van der Waals surface area contributed by atoms with Crippen molar-refractivity contribution in [3.63, 3.8) is 0 Å². The average Bonchev–Trinajstić information content (AvgIpc) is 2.77. The molecule has 1 aliphatic rings. The molecule has 4 nitrogen and oxygen atoms in total. The molecule has 2 heterocycles. The van der Waals surface area contributed by atoms with E-state index in [0.29, 0.717) is 5.92 Å². The Bertz CT molecular complexity index is 372. The molecule has 1 saturated heterocycles. The maximum absolute atomic E-state index is 10.6. The minimum absolute atomic E-state index is 0.285. The molecule has 0 aromatic carbocycles. The number of aliphatic carboxylic acids is 1. The summed E-state index contributed by atoms with van der Waals surface area (Å²) in [5.41, 5.74) is 1.17. The van der Waals surface area contributed by atoms with E-state index >= 15 is 0 Å². The Morgan fingerprint density at radius 3 is 3.12 bits per heavy atom. The summed E-state index contributed by atoms with van der Waals surface area (Å²) in [4.78, 5) is 12.9. The van der Waals surface area contributed by atoms with Gasteiger partial charge in [0.1, 0.15) is 5.76 Å². The van der Waals surface area contributed by atoms with Crippen LogP contribution in [-0.2, 0) is 11.3 Å². The number of likely N-dealkylation sites (tertiary alicyclic amines) is 1. The largest absolute Gasteiger partial charge is 0.481 e. The van der Waals surface area contributed by atoms with Gasteiger partial charge in [-0.3, -0.25) is 9.69 Å². The normalized spacial score (nSPS) is 21.4. The van der Waals surface area contributed by atoms with E-state index in [0.717, 1.165) is 31.8 Å². The second-order valence-electron chi connectivity index (χ2n) is 4.51. The zero-order valence-corrected chi connectivity index (χ0v) is 9.48. The van der Waals surface area contributed by atoms with Crippen molar-refractivity contribution >= 4 is 5.97 Å². The summed E-state index contributed by atoms with van der Waals surface area (Å²) in [6.07, 6.45) is 2.97. The zero-order chi connectivity index (χ0) is 11.5. The summed E-state index contributed by atoms with van der Waals surface area (Å²) in [6.45, 7) is 4.67. The summed E-state index contributed by atoms with van der Waals surface area (Å²) >= 11 is 0. The molecular formula is C12H17NO3. The number of carbonyl (C=O) groups is 1. The number of hydrogen-bond donors (Lipinski definition) is 1. The van der Waals surface area contributed by atoms with Crippen LogP contribution in [-0.4, -0.2) is 29.1 Å². The number of hydrogen-bond acceptors (Lipinski definition) is 3. The van der Waals surface area contributed by atoms with E-state index in [1.807, 2.05) is 13.0 Å². The number of rotatable bonds is 4. The molecule has 1 aliphatic heterocycles. The highest BCUT2D eigenvalue weighted by molar-refractivity contribution is 5.67. The summed E-state index contributed by atoms with van der Waals surface area (Å²) in [5.74, 6) is 0.602. The van der Waals surface area contributed by atoms with Crippen molar-refractivity contribution in [1.82, 2.24) is 4.90 Å². The summed E-state index contributed by atoms with van der Waals surface area (Å²) in [6, 6.07) is 1.96. The van der Waals surface area contributed by atoms with E-state index in [9.17, 15) is 4.79 Å². The molecule has 16 heavy (non-hydrogen) atoms. The maximum atomic E-state index is 10.6. The topological polar surface area (TPSA) is 53.7 Å². The number of carboxylic acids is 1. The molecule has 1 atom stereocenters. The van der Waals surface area contributed by atoms with Gasteiger partial charge >= 0.3 is 5.97 Å². The Balaban J connectivity index is 1.85. The van der Waals surface area contributed by atoms with E-state index in [-0.39, 0.29) is 6.42 Å². The quantitative estimate of drug-likeness (QED) is 0.846. The minimum atomic E-state index is -0.693. The van der Waals surface area contributed by atoms with Crippen molar-refractivity contribution in [1.29, 1.82) is 0 Å². The van der Waals surface area contributed by atoms with Crippen molar-refractivity contribution in [2.75, 3.05) is 13.1 Å². The third kappa shape index (κ3) is 2.64. The Kier molecular flexibility index (Phi) is 3.29. The van der Waals surface area contributed by atoms with Gasteiger partial charge in [-0.05, 0) is 37.4 Å². The van der Waals surface area contributed by atoms with Gasteiger partial charge in [0.2, 0.25) is 0 Å². The predicted molar refractivity (Wildman–Crippen MR) is 59.1 cm³/mol. The summed E-state index contributed by atoms with van der Waals surface area (Å²) < 4.78 is 5.38. The number of carboxylic acid groups (broad SMARTS) is 1. The third-order valence-corrected chi connectivity index (χ3v) is 3.17. The van der Waals surface area contributed by atoms with E-state index in [4.69, 9.17) is 9.52 Å². The highest BCUT2D eigenvalue weighted by Crippen LogP contribution is 2.22. The van der Waals surface area contributed by atoms with Crippen molar-refractivity contribution in [2.45, 2.75) is 26.3 Å². The molecule has 88 valence electrons. The first-order chi connectivity index (χ1) is 7.65. The van der Waals surface area contributed by atoms with Gasteiger partial charge in [0.15, 0.2) is 0 Å². The predicted octanol–water partition coefficient (Wildman–Crippen LogP) is 1.88. The van der Waals surface area contributed by atoms with Crippen molar-refractivity contribution < 1.29 is 14.3 Å². The lowest BCUT2D eigenvalue weighted by atomic mass is 10.1. The Hall–Kier alpha value is -1.29. The summed E-state index contributed by atoms with van der Waals surface area (Å²) in [5, 5.41) is 8.72. The van der Waals surface area contributed by atoms with Gasteiger partial charge in [-0.25, -0.2) is 0 Å². The number of aryl methyl sites for hydroxylation is 1. The van der Waals surface area contributed by atoms with Gasteiger partial charge in [0, 0.05) is 13.0 Å². The van der Waals surface area contributed by atoms with Crippen LogP contribution in [0.4, 0.5) is 0 Å². The molecular weight excluding hydrogens is 206 g/mol. The molecule has 0 saturated carbocycles.